The van der Waals surface area contributed by atoms with Gasteiger partial charge in [0, 0.05) is 19.0 Å². The average Bonchev–Trinajstić information content (AvgIpc) is 3.30. The Bertz CT molecular complexity index is 1180. The van der Waals surface area contributed by atoms with E-state index in [1.807, 2.05) is 31.3 Å². The van der Waals surface area contributed by atoms with E-state index < -0.39 is 0 Å². The molecule has 0 radical (unpaired) electrons. The number of carbonyl (C=O) groups is 1. The molecule has 0 aliphatic heterocycles. The minimum Gasteiger partial charge on any atom is -0.299 e. The van der Waals surface area contributed by atoms with Crippen LogP contribution in [-0.2, 0) is 17.6 Å². The Morgan fingerprint density at radius 2 is 2.10 bits per heavy atom. The largest absolute Gasteiger partial charge is 0.299 e. The fraction of sp³-hybridized carbons (Fsp3) is 0.286. The van der Waals surface area contributed by atoms with Gasteiger partial charge in [0.05, 0.1) is 28.1 Å². The van der Waals surface area contributed by atoms with Gasteiger partial charge in [-0.3, -0.25) is 4.79 Å². The number of hydrogen-bond acceptors (Lipinski definition) is 6. The van der Waals surface area contributed by atoms with E-state index in [0.717, 1.165) is 37.7 Å². The maximum atomic E-state index is 12.8. The van der Waals surface area contributed by atoms with Crippen LogP contribution in [0.1, 0.15) is 41.5 Å². The maximum absolute atomic E-state index is 12.8. The van der Waals surface area contributed by atoms with E-state index in [0.29, 0.717) is 17.9 Å². The molecule has 0 saturated heterocycles. The van der Waals surface area contributed by atoms with E-state index in [1.165, 1.54) is 0 Å². The molecule has 4 rings (SSSR count). The van der Waals surface area contributed by atoms with Crippen molar-refractivity contribution in [3.63, 3.8) is 0 Å². The van der Waals surface area contributed by atoms with Gasteiger partial charge in [0.2, 0.25) is 0 Å². The summed E-state index contributed by atoms with van der Waals surface area (Å²) in [4.78, 5) is 22.9. The number of pyridine rings is 1. The van der Waals surface area contributed by atoms with E-state index in [-0.39, 0.29) is 11.7 Å². The summed E-state index contributed by atoms with van der Waals surface area (Å²) < 4.78 is 1.60. The van der Waals surface area contributed by atoms with Crippen molar-refractivity contribution in [1.82, 2.24) is 25.0 Å². The number of benzene rings is 1. The molecule has 0 spiro atoms. The molecule has 4 aromatic rings. The molecular formula is C21H20ClN5OS. The van der Waals surface area contributed by atoms with Crippen LogP contribution < -0.4 is 0 Å². The lowest BCUT2D eigenvalue weighted by Crippen LogP contribution is -2.10. The van der Waals surface area contributed by atoms with Crippen LogP contribution in [0.15, 0.2) is 36.8 Å². The molecule has 1 aromatic carbocycles. The summed E-state index contributed by atoms with van der Waals surface area (Å²) in [5.41, 5.74) is 4.60. The van der Waals surface area contributed by atoms with Crippen LogP contribution in [0, 0.1) is 6.92 Å². The highest BCUT2D eigenvalue weighted by molar-refractivity contribution is 7.18. The van der Waals surface area contributed by atoms with Crippen LogP contribution in [0.4, 0.5) is 0 Å². The molecule has 0 aliphatic carbocycles. The number of ketones is 1. The Labute approximate surface area is 177 Å². The second-order valence-electron chi connectivity index (χ2n) is 7.26. The van der Waals surface area contributed by atoms with Gasteiger partial charge in [-0.25, -0.2) is 14.6 Å². The summed E-state index contributed by atoms with van der Waals surface area (Å²) in [6.07, 6.45) is 5.78. The summed E-state index contributed by atoms with van der Waals surface area (Å²) in [6.45, 7) is 6.23. The van der Waals surface area contributed by atoms with E-state index in [1.54, 1.807) is 28.4 Å². The Hall–Kier alpha value is -2.64. The van der Waals surface area contributed by atoms with Crippen molar-refractivity contribution in [3.8, 4) is 5.69 Å². The molecule has 3 heterocycles. The van der Waals surface area contributed by atoms with E-state index in [4.69, 9.17) is 11.6 Å². The van der Waals surface area contributed by atoms with Gasteiger partial charge < -0.3 is 0 Å². The van der Waals surface area contributed by atoms with Crippen LogP contribution in [0.2, 0.25) is 5.02 Å². The van der Waals surface area contributed by atoms with Crippen molar-refractivity contribution >= 4 is 39.1 Å². The summed E-state index contributed by atoms with van der Waals surface area (Å²) in [5, 5.41) is 9.26. The standard InChI is InChI=1S/C21H20ClN5OS/c1-12(2)19-15(11-23-21-20(19)25-13(3)29-21)10-16(28)8-14-4-5-18(17(22)9-14)27-7-6-24-26-27/h4-7,9,11-12H,8,10H2,1-3H3. The summed E-state index contributed by atoms with van der Waals surface area (Å²) in [7, 11) is 0. The molecule has 0 bridgehead atoms. The monoisotopic (exact) mass is 425 g/mol. The van der Waals surface area contributed by atoms with Crippen molar-refractivity contribution in [2.45, 2.75) is 39.5 Å². The van der Waals surface area contributed by atoms with Crippen LogP contribution in [0.25, 0.3) is 16.0 Å². The Morgan fingerprint density at radius 1 is 1.28 bits per heavy atom. The predicted octanol–water partition coefficient (Wildman–Crippen LogP) is 4.71. The lowest BCUT2D eigenvalue weighted by Gasteiger charge is -2.13. The third-order valence-corrected chi connectivity index (χ3v) is 5.88. The van der Waals surface area contributed by atoms with E-state index in [9.17, 15) is 4.79 Å². The number of Topliss-reactive ketones (excluding diaryl/α,β-unsaturated/α-hetero) is 1. The molecule has 0 saturated carbocycles. The highest BCUT2D eigenvalue weighted by Crippen LogP contribution is 2.31. The fourth-order valence-electron chi connectivity index (χ4n) is 3.51. The zero-order chi connectivity index (χ0) is 20.5. The maximum Gasteiger partial charge on any atom is 0.143 e. The summed E-state index contributed by atoms with van der Waals surface area (Å²) in [5.74, 6) is 0.380. The minimum absolute atomic E-state index is 0.115. The first-order valence-electron chi connectivity index (χ1n) is 9.34. The van der Waals surface area contributed by atoms with Crippen LogP contribution in [0.5, 0.6) is 0 Å². The van der Waals surface area contributed by atoms with Gasteiger partial charge in [-0.2, -0.15) is 0 Å². The summed E-state index contributed by atoms with van der Waals surface area (Å²) in [6, 6.07) is 5.56. The molecule has 0 atom stereocenters. The van der Waals surface area contributed by atoms with Crippen molar-refractivity contribution in [1.29, 1.82) is 0 Å². The minimum atomic E-state index is 0.115. The molecule has 3 aromatic heterocycles. The number of halogens is 1. The molecular weight excluding hydrogens is 406 g/mol. The van der Waals surface area contributed by atoms with E-state index in [2.05, 4.69) is 34.1 Å². The van der Waals surface area contributed by atoms with Crippen molar-refractivity contribution in [2.24, 2.45) is 0 Å². The van der Waals surface area contributed by atoms with Gasteiger partial charge in [0.1, 0.15) is 16.1 Å². The zero-order valence-corrected chi connectivity index (χ0v) is 18.0. The molecule has 148 valence electrons. The fourth-order valence-corrected chi connectivity index (χ4v) is 4.57. The van der Waals surface area contributed by atoms with Gasteiger partial charge in [-0.1, -0.05) is 48.1 Å². The first-order valence-corrected chi connectivity index (χ1v) is 10.5. The first kappa shape index (κ1) is 19.7. The predicted molar refractivity (Wildman–Crippen MR) is 115 cm³/mol. The number of thiazole rings is 1. The topological polar surface area (TPSA) is 73.6 Å². The van der Waals surface area contributed by atoms with Gasteiger partial charge in [-0.15, -0.1) is 5.10 Å². The van der Waals surface area contributed by atoms with Crippen LogP contribution in [0.3, 0.4) is 0 Å². The van der Waals surface area contributed by atoms with Crippen LogP contribution >= 0.6 is 22.9 Å². The lowest BCUT2D eigenvalue weighted by molar-refractivity contribution is -0.117. The number of aromatic nitrogens is 5. The quantitative estimate of drug-likeness (QED) is 0.447. The third-order valence-electron chi connectivity index (χ3n) is 4.70. The second-order valence-corrected chi connectivity index (χ2v) is 8.85. The van der Waals surface area contributed by atoms with E-state index >= 15 is 0 Å². The number of aryl methyl sites for hydroxylation is 1. The highest BCUT2D eigenvalue weighted by Gasteiger charge is 2.18. The summed E-state index contributed by atoms with van der Waals surface area (Å²) >= 11 is 7.96. The van der Waals surface area contributed by atoms with Gasteiger partial charge in [0.25, 0.3) is 0 Å². The smallest absolute Gasteiger partial charge is 0.143 e. The average molecular weight is 426 g/mol. The number of fused-ring (bicyclic) bond motifs is 1. The Kier molecular flexibility index (Phi) is 5.43. The van der Waals surface area contributed by atoms with Gasteiger partial charge in [0.15, 0.2) is 0 Å². The normalized spacial score (nSPS) is 11.5. The van der Waals surface area contributed by atoms with Gasteiger partial charge >= 0.3 is 0 Å². The Balaban J connectivity index is 1.56. The highest BCUT2D eigenvalue weighted by atomic mass is 35.5. The molecule has 0 unspecified atom stereocenters. The third kappa shape index (κ3) is 4.06. The molecule has 6 nitrogen and oxygen atoms in total. The molecule has 8 heteroatoms. The zero-order valence-electron chi connectivity index (χ0n) is 16.4. The lowest BCUT2D eigenvalue weighted by atomic mass is 9.93. The molecule has 0 amide bonds. The van der Waals surface area contributed by atoms with Gasteiger partial charge in [-0.05, 0) is 41.7 Å². The number of hydrogen-bond donors (Lipinski definition) is 0. The molecule has 0 N–H and O–H groups in total. The first-order chi connectivity index (χ1) is 13.9. The van der Waals surface area contributed by atoms with Crippen molar-refractivity contribution in [3.05, 3.63) is 63.5 Å². The number of nitrogens with zero attached hydrogens (tertiary/aromatic N) is 5. The van der Waals surface area contributed by atoms with Crippen molar-refractivity contribution in [2.75, 3.05) is 0 Å². The molecule has 0 fully saturated rings. The SMILES string of the molecule is Cc1nc2c(C(C)C)c(CC(=O)Cc3ccc(-n4ccnn4)c(Cl)c3)cnc2s1. The second kappa shape index (κ2) is 8.00. The molecule has 29 heavy (non-hydrogen) atoms. The molecule has 0 aliphatic rings. The number of carbonyl (C=O) groups excluding carboxylic acids is 1. The van der Waals surface area contributed by atoms with Crippen LogP contribution in [-0.4, -0.2) is 30.7 Å². The Morgan fingerprint density at radius 3 is 2.79 bits per heavy atom. The number of rotatable bonds is 6. The van der Waals surface area contributed by atoms with Crippen molar-refractivity contribution < 1.29 is 4.79 Å².